The lowest BCUT2D eigenvalue weighted by Crippen LogP contribution is -2.04. The number of methoxy groups -OCH3 is 1. The van der Waals surface area contributed by atoms with Crippen molar-refractivity contribution in [1.29, 1.82) is 0 Å². The molecule has 0 aliphatic heterocycles. The van der Waals surface area contributed by atoms with E-state index in [4.69, 9.17) is 4.74 Å². The molecule has 0 spiro atoms. The standard InChI is InChI=1S/C15H15FO2/c1-10-5-3-8-13(14(10)16)15(17)11-6-4-7-12(9-11)18-2/h3-9,15,17H,1-2H3. The third-order valence-corrected chi connectivity index (χ3v) is 2.93. The molecule has 1 atom stereocenters. The highest BCUT2D eigenvalue weighted by atomic mass is 19.1. The first-order chi connectivity index (χ1) is 8.63. The Kier molecular flexibility index (Phi) is 3.63. The van der Waals surface area contributed by atoms with Crippen molar-refractivity contribution in [2.75, 3.05) is 7.11 Å². The van der Waals surface area contributed by atoms with Gasteiger partial charge in [0.15, 0.2) is 0 Å². The summed E-state index contributed by atoms with van der Waals surface area (Å²) >= 11 is 0. The zero-order chi connectivity index (χ0) is 13.1. The predicted molar refractivity (Wildman–Crippen MR) is 68.2 cm³/mol. The molecule has 3 heteroatoms. The number of benzene rings is 2. The summed E-state index contributed by atoms with van der Waals surface area (Å²) < 4.78 is 19.0. The van der Waals surface area contributed by atoms with Crippen LogP contribution < -0.4 is 4.74 Å². The highest BCUT2D eigenvalue weighted by Gasteiger charge is 2.16. The van der Waals surface area contributed by atoms with E-state index >= 15 is 0 Å². The van der Waals surface area contributed by atoms with Gasteiger partial charge in [-0.1, -0.05) is 30.3 Å². The lowest BCUT2D eigenvalue weighted by Gasteiger charge is -2.14. The van der Waals surface area contributed by atoms with E-state index < -0.39 is 6.10 Å². The first-order valence-corrected chi connectivity index (χ1v) is 5.70. The summed E-state index contributed by atoms with van der Waals surface area (Å²) in [7, 11) is 1.55. The Bertz CT molecular complexity index is 552. The summed E-state index contributed by atoms with van der Waals surface area (Å²) in [5, 5.41) is 10.2. The van der Waals surface area contributed by atoms with Gasteiger partial charge in [-0.3, -0.25) is 0 Å². The van der Waals surface area contributed by atoms with Gasteiger partial charge in [0.05, 0.1) is 7.11 Å². The Balaban J connectivity index is 2.41. The maximum Gasteiger partial charge on any atom is 0.132 e. The van der Waals surface area contributed by atoms with E-state index in [9.17, 15) is 9.50 Å². The van der Waals surface area contributed by atoms with Crippen LogP contribution in [0.4, 0.5) is 4.39 Å². The van der Waals surface area contributed by atoms with Crippen molar-refractivity contribution < 1.29 is 14.2 Å². The maximum absolute atomic E-state index is 13.9. The molecule has 0 amide bonds. The van der Waals surface area contributed by atoms with E-state index in [0.29, 0.717) is 16.9 Å². The normalized spacial score (nSPS) is 12.2. The predicted octanol–water partition coefficient (Wildman–Crippen LogP) is 3.22. The Labute approximate surface area is 106 Å². The minimum Gasteiger partial charge on any atom is -0.497 e. The third-order valence-electron chi connectivity index (χ3n) is 2.93. The van der Waals surface area contributed by atoms with Crippen LogP contribution in [0.25, 0.3) is 0 Å². The third kappa shape index (κ3) is 2.36. The second-order valence-corrected chi connectivity index (χ2v) is 4.16. The molecule has 2 rings (SSSR count). The minimum absolute atomic E-state index is 0.281. The van der Waals surface area contributed by atoms with Crippen molar-refractivity contribution in [3.63, 3.8) is 0 Å². The van der Waals surface area contributed by atoms with E-state index in [0.717, 1.165) is 0 Å². The molecular weight excluding hydrogens is 231 g/mol. The Morgan fingerprint density at radius 1 is 1.17 bits per heavy atom. The zero-order valence-corrected chi connectivity index (χ0v) is 10.4. The summed E-state index contributed by atoms with van der Waals surface area (Å²) in [4.78, 5) is 0. The molecule has 0 bridgehead atoms. The van der Waals surface area contributed by atoms with E-state index in [1.54, 1.807) is 56.5 Å². The van der Waals surface area contributed by atoms with Crippen molar-refractivity contribution >= 4 is 0 Å². The molecule has 0 aliphatic rings. The van der Waals surface area contributed by atoms with Crippen molar-refractivity contribution in [3.05, 3.63) is 65.0 Å². The first-order valence-electron chi connectivity index (χ1n) is 5.70. The molecule has 0 fully saturated rings. The number of aryl methyl sites for hydroxylation is 1. The van der Waals surface area contributed by atoms with Crippen LogP contribution in [0.15, 0.2) is 42.5 Å². The monoisotopic (exact) mass is 246 g/mol. The van der Waals surface area contributed by atoms with Crippen LogP contribution in [0.2, 0.25) is 0 Å². The molecule has 2 aromatic rings. The molecule has 18 heavy (non-hydrogen) atoms. The molecular formula is C15H15FO2. The molecule has 0 radical (unpaired) electrons. The lowest BCUT2D eigenvalue weighted by atomic mass is 9.99. The van der Waals surface area contributed by atoms with Gasteiger partial charge in [0, 0.05) is 5.56 Å². The number of aliphatic hydroxyl groups excluding tert-OH is 1. The van der Waals surface area contributed by atoms with E-state index in [1.165, 1.54) is 0 Å². The number of ether oxygens (including phenoxy) is 1. The molecule has 1 N–H and O–H groups in total. The minimum atomic E-state index is -0.986. The second kappa shape index (κ2) is 5.19. The number of aliphatic hydroxyl groups is 1. The molecule has 0 saturated carbocycles. The van der Waals surface area contributed by atoms with Crippen molar-refractivity contribution in [3.8, 4) is 5.75 Å². The summed E-state index contributed by atoms with van der Waals surface area (Å²) in [6, 6.07) is 12.0. The van der Waals surface area contributed by atoms with E-state index in [-0.39, 0.29) is 11.4 Å². The smallest absolute Gasteiger partial charge is 0.132 e. The fourth-order valence-corrected chi connectivity index (χ4v) is 1.87. The van der Waals surface area contributed by atoms with E-state index in [1.807, 2.05) is 0 Å². The highest BCUT2D eigenvalue weighted by molar-refractivity contribution is 5.37. The van der Waals surface area contributed by atoms with Gasteiger partial charge in [0.1, 0.15) is 17.7 Å². The van der Waals surface area contributed by atoms with Crippen LogP contribution in [0.5, 0.6) is 5.75 Å². The van der Waals surface area contributed by atoms with Gasteiger partial charge in [0.25, 0.3) is 0 Å². The van der Waals surface area contributed by atoms with Gasteiger partial charge in [0.2, 0.25) is 0 Å². The van der Waals surface area contributed by atoms with Crippen LogP contribution in [0.1, 0.15) is 22.8 Å². The van der Waals surface area contributed by atoms with Crippen LogP contribution in [0, 0.1) is 12.7 Å². The Morgan fingerprint density at radius 3 is 2.61 bits per heavy atom. The summed E-state index contributed by atoms with van der Waals surface area (Å²) in [5.41, 5.74) is 1.41. The fraction of sp³-hybridized carbons (Fsp3) is 0.200. The zero-order valence-electron chi connectivity index (χ0n) is 10.4. The molecule has 1 unspecified atom stereocenters. The van der Waals surface area contributed by atoms with Gasteiger partial charge < -0.3 is 9.84 Å². The van der Waals surface area contributed by atoms with Crippen LogP contribution in [-0.4, -0.2) is 12.2 Å². The first kappa shape index (κ1) is 12.6. The maximum atomic E-state index is 13.9. The summed E-state index contributed by atoms with van der Waals surface area (Å²) in [5.74, 6) is 0.271. The quantitative estimate of drug-likeness (QED) is 0.901. The largest absolute Gasteiger partial charge is 0.497 e. The van der Waals surface area contributed by atoms with E-state index in [2.05, 4.69) is 0 Å². The highest BCUT2D eigenvalue weighted by Crippen LogP contribution is 2.27. The molecule has 2 nitrogen and oxygen atoms in total. The van der Waals surface area contributed by atoms with Crippen molar-refractivity contribution in [1.82, 2.24) is 0 Å². The SMILES string of the molecule is COc1cccc(C(O)c2cccc(C)c2F)c1. The molecule has 2 aromatic carbocycles. The topological polar surface area (TPSA) is 29.5 Å². The van der Waals surface area contributed by atoms with Crippen molar-refractivity contribution in [2.45, 2.75) is 13.0 Å². The average Bonchev–Trinajstić information content (AvgIpc) is 2.41. The molecule has 0 aliphatic carbocycles. The van der Waals surface area contributed by atoms with Gasteiger partial charge >= 0.3 is 0 Å². The number of hydrogen-bond acceptors (Lipinski definition) is 2. The molecule has 0 saturated heterocycles. The molecule has 0 heterocycles. The van der Waals surface area contributed by atoms with Gasteiger partial charge in [-0.15, -0.1) is 0 Å². The Morgan fingerprint density at radius 2 is 1.89 bits per heavy atom. The fourth-order valence-electron chi connectivity index (χ4n) is 1.87. The average molecular weight is 246 g/mol. The van der Waals surface area contributed by atoms with Crippen molar-refractivity contribution in [2.24, 2.45) is 0 Å². The molecule has 94 valence electrons. The summed E-state index contributed by atoms with van der Waals surface area (Å²) in [6.45, 7) is 1.68. The number of rotatable bonds is 3. The van der Waals surface area contributed by atoms with Crippen LogP contribution in [-0.2, 0) is 0 Å². The second-order valence-electron chi connectivity index (χ2n) is 4.16. The van der Waals surface area contributed by atoms with Gasteiger partial charge in [-0.25, -0.2) is 4.39 Å². The van der Waals surface area contributed by atoms with Gasteiger partial charge in [-0.05, 0) is 30.2 Å². The summed E-state index contributed by atoms with van der Waals surface area (Å²) in [6.07, 6.45) is -0.986. The number of hydrogen-bond donors (Lipinski definition) is 1. The van der Waals surface area contributed by atoms with Crippen LogP contribution in [0.3, 0.4) is 0 Å². The number of halogens is 1. The lowest BCUT2D eigenvalue weighted by molar-refractivity contribution is 0.214. The van der Waals surface area contributed by atoms with Crippen LogP contribution >= 0.6 is 0 Å². The van der Waals surface area contributed by atoms with Gasteiger partial charge in [-0.2, -0.15) is 0 Å². The Hall–Kier alpha value is -1.87. The molecule has 0 aromatic heterocycles.